The van der Waals surface area contributed by atoms with Crippen molar-refractivity contribution in [1.29, 1.82) is 0 Å². The molecule has 1 aromatic carbocycles. The van der Waals surface area contributed by atoms with Gasteiger partial charge in [-0.1, -0.05) is 6.07 Å². The van der Waals surface area contributed by atoms with E-state index in [0.717, 1.165) is 16.9 Å². The molecule has 4 rings (SSSR count). The highest BCUT2D eigenvalue weighted by Crippen LogP contribution is 2.40. The third kappa shape index (κ3) is 2.02. The Labute approximate surface area is 117 Å². The molecule has 1 aliphatic carbocycles. The van der Waals surface area contributed by atoms with Crippen LogP contribution in [0.3, 0.4) is 0 Å². The molecule has 5 heteroatoms. The summed E-state index contributed by atoms with van der Waals surface area (Å²) in [5, 5.41) is 0. The van der Waals surface area contributed by atoms with Crippen LogP contribution >= 0.6 is 0 Å². The molecule has 1 saturated carbocycles. The molecule has 1 aromatic heterocycles. The Morgan fingerprint density at radius 2 is 2.20 bits per heavy atom. The maximum absolute atomic E-state index is 5.84. The van der Waals surface area contributed by atoms with Gasteiger partial charge in [-0.15, -0.1) is 0 Å². The highest BCUT2D eigenvalue weighted by Gasteiger charge is 2.32. The van der Waals surface area contributed by atoms with E-state index in [1.165, 1.54) is 18.4 Å². The summed E-state index contributed by atoms with van der Waals surface area (Å²) >= 11 is 0. The van der Waals surface area contributed by atoms with Crippen LogP contribution in [0, 0.1) is 0 Å². The zero-order valence-electron chi connectivity index (χ0n) is 11.4. The average Bonchev–Trinajstić information content (AvgIpc) is 3.27. The van der Waals surface area contributed by atoms with Crippen LogP contribution in [-0.2, 0) is 16.0 Å². The van der Waals surface area contributed by atoms with Crippen molar-refractivity contribution in [1.82, 2.24) is 9.55 Å². The largest absolute Gasteiger partial charge is 0.376 e. The van der Waals surface area contributed by atoms with E-state index in [0.29, 0.717) is 32.4 Å². The molecule has 1 atom stereocenters. The number of rotatable bonds is 3. The highest BCUT2D eigenvalue weighted by atomic mass is 16.6. The molecule has 1 unspecified atom stereocenters. The van der Waals surface area contributed by atoms with Crippen LogP contribution < -0.4 is 5.73 Å². The van der Waals surface area contributed by atoms with Gasteiger partial charge in [0.05, 0.1) is 30.9 Å². The summed E-state index contributed by atoms with van der Waals surface area (Å²) < 4.78 is 13.7. The molecular formula is C15H19N3O2. The molecule has 2 N–H and O–H groups in total. The van der Waals surface area contributed by atoms with Crippen molar-refractivity contribution in [3.8, 4) is 0 Å². The van der Waals surface area contributed by atoms with Gasteiger partial charge in [0.2, 0.25) is 0 Å². The van der Waals surface area contributed by atoms with E-state index >= 15 is 0 Å². The fourth-order valence-corrected chi connectivity index (χ4v) is 2.87. The number of nitrogens with two attached hydrogens (primary N) is 1. The quantitative estimate of drug-likeness (QED) is 0.928. The van der Waals surface area contributed by atoms with Gasteiger partial charge in [-0.25, -0.2) is 4.98 Å². The maximum atomic E-state index is 5.84. The summed E-state index contributed by atoms with van der Waals surface area (Å²) in [4.78, 5) is 4.81. The number of aromatic nitrogens is 2. The first-order chi connectivity index (χ1) is 9.86. The van der Waals surface area contributed by atoms with E-state index in [2.05, 4.69) is 22.8 Å². The lowest BCUT2D eigenvalue weighted by Gasteiger charge is -2.23. The fourth-order valence-electron chi connectivity index (χ4n) is 2.87. The predicted molar refractivity (Wildman–Crippen MR) is 75.4 cm³/mol. The Balaban J connectivity index is 1.83. The number of hydrogen-bond acceptors (Lipinski definition) is 4. The standard InChI is InChI=1S/C15H19N3O2/c16-8-10-1-4-13-12(7-10)17-15(18(13)11-2-3-11)14-9-19-5-6-20-14/h1,4,7,11,14H,2-3,5-6,8-9,16H2. The maximum Gasteiger partial charge on any atom is 0.141 e. The lowest BCUT2D eigenvalue weighted by molar-refractivity contribution is -0.0945. The zero-order valence-corrected chi connectivity index (χ0v) is 11.4. The van der Waals surface area contributed by atoms with Gasteiger partial charge in [0, 0.05) is 12.6 Å². The number of hydrogen-bond donors (Lipinski definition) is 1. The fraction of sp³-hybridized carbons (Fsp3) is 0.533. The summed E-state index contributed by atoms with van der Waals surface area (Å²) in [5.41, 5.74) is 9.04. The molecule has 1 saturated heterocycles. The molecule has 20 heavy (non-hydrogen) atoms. The second-order valence-corrected chi connectivity index (χ2v) is 5.53. The van der Waals surface area contributed by atoms with E-state index in [1.807, 2.05) is 0 Å². The van der Waals surface area contributed by atoms with Crippen molar-refractivity contribution in [3.63, 3.8) is 0 Å². The number of imidazole rings is 1. The third-order valence-corrected chi connectivity index (χ3v) is 4.03. The van der Waals surface area contributed by atoms with Gasteiger partial charge < -0.3 is 19.8 Å². The second kappa shape index (κ2) is 4.84. The number of benzene rings is 1. The summed E-state index contributed by atoms with van der Waals surface area (Å²) in [6.07, 6.45) is 2.41. The van der Waals surface area contributed by atoms with E-state index in [-0.39, 0.29) is 6.10 Å². The van der Waals surface area contributed by atoms with E-state index in [1.54, 1.807) is 0 Å². The van der Waals surface area contributed by atoms with E-state index in [9.17, 15) is 0 Å². The average molecular weight is 273 g/mol. The topological polar surface area (TPSA) is 62.3 Å². The van der Waals surface area contributed by atoms with Crippen molar-refractivity contribution < 1.29 is 9.47 Å². The Morgan fingerprint density at radius 3 is 2.90 bits per heavy atom. The van der Waals surface area contributed by atoms with Crippen molar-refractivity contribution in [3.05, 3.63) is 29.6 Å². The Hall–Kier alpha value is -1.43. The molecule has 2 fully saturated rings. The van der Waals surface area contributed by atoms with Crippen LogP contribution in [0.25, 0.3) is 11.0 Å². The third-order valence-electron chi connectivity index (χ3n) is 4.03. The second-order valence-electron chi connectivity index (χ2n) is 5.53. The minimum absolute atomic E-state index is 0.0434. The molecule has 0 spiro atoms. The molecule has 2 heterocycles. The van der Waals surface area contributed by atoms with Crippen LogP contribution in [0.15, 0.2) is 18.2 Å². The molecular weight excluding hydrogens is 254 g/mol. The summed E-state index contributed by atoms with van der Waals surface area (Å²) in [6, 6.07) is 6.88. The Kier molecular flexibility index (Phi) is 2.98. The smallest absolute Gasteiger partial charge is 0.141 e. The number of nitrogens with zero attached hydrogens (tertiary/aromatic N) is 2. The molecule has 0 radical (unpaired) electrons. The SMILES string of the molecule is NCc1ccc2c(c1)nc(C1COCCO1)n2C1CC1. The first-order valence-electron chi connectivity index (χ1n) is 7.27. The molecule has 5 nitrogen and oxygen atoms in total. The molecule has 0 bridgehead atoms. The van der Waals surface area contributed by atoms with Gasteiger partial charge in [0.25, 0.3) is 0 Å². The van der Waals surface area contributed by atoms with Gasteiger partial charge in [-0.2, -0.15) is 0 Å². The lowest BCUT2D eigenvalue weighted by atomic mass is 10.2. The van der Waals surface area contributed by atoms with Gasteiger partial charge in [0.1, 0.15) is 11.9 Å². The van der Waals surface area contributed by atoms with Gasteiger partial charge >= 0.3 is 0 Å². The van der Waals surface area contributed by atoms with E-state index < -0.39 is 0 Å². The molecule has 106 valence electrons. The summed E-state index contributed by atoms with van der Waals surface area (Å²) in [7, 11) is 0. The Bertz CT molecular complexity index is 627. The van der Waals surface area contributed by atoms with Gasteiger partial charge in [-0.3, -0.25) is 0 Å². The molecule has 0 amide bonds. The molecule has 1 aliphatic heterocycles. The lowest BCUT2D eigenvalue weighted by Crippen LogP contribution is -2.24. The van der Waals surface area contributed by atoms with E-state index in [4.69, 9.17) is 20.2 Å². The normalized spacial score (nSPS) is 23.4. The predicted octanol–water partition coefficient (Wildman–Crippen LogP) is 1.92. The zero-order chi connectivity index (χ0) is 13.5. The van der Waals surface area contributed by atoms with Crippen molar-refractivity contribution >= 4 is 11.0 Å². The van der Waals surface area contributed by atoms with Crippen LogP contribution in [0.5, 0.6) is 0 Å². The van der Waals surface area contributed by atoms with Crippen LogP contribution in [0.1, 0.15) is 36.4 Å². The van der Waals surface area contributed by atoms with Crippen LogP contribution in [-0.4, -0.2) is 29.4 Å². The minimum Gasteiger partial charge on any atom is -0.376 e. The summed E-state index contributed by atoms with van der Waals surface area (Å²) in [6.45, 7) is 2.47. The highest BCUT2D eigenvalue weighted by molar-refractivity contribution is 5.77. The number of ether oxygens (including phenoxy) is 2. The van der Waals surface area contributed by atoms with Crippen molar-refractivity contribution in [2.24, 2.45) is 5.73 Å². The monoisotopic (exact) mass is 273 g/mol. The van der Waals surface area contributed by atoms with Crippen LogP contribution in [0.4, 0.5) is 0 Å². The van der Waals surface area contributed by atoms with Crippen molar-refractivity contribution in [2.75, 3.05) is 19.8 Å². The molecule has 2 aliphatic rings. The minimum atomic E-state index is -0.0434. The molecule has 2 aromatic rings. The van der Waals surface area contributed by atoms with Gasteiger partial charge in [0.15, 0.2) is 0 Å². The Morgan fingerprint density at radius 1 is 1.30 bits per heavy atom. The number of fused-ring (bicyclic) bond motifs is 1. The first-order valence-corrected chi connectivity index (χ1v) is 7.27. The van der Waals surface area contributed by atoms with Crippen LogP contribution in [0.2, 0.25) is 0 Å². The van der Waals surface area contributed by atoms with Gasteiger partial charge in [-0.05, 0) is 30.5 Å². The summed E-state index contributed by atoms with van der Waals surface area (Å²) in [5.74, 6) is 1.01. The first kappa shape index (κ1) is 12.3. The van der Waals surface area contributed by atoms with Crippen molar-refractivity contribution in [2.45, 2.75) is 31.5 Å².